The minimum Gasteiger partial charge on any atom is -0.486 e. The van der Waals surface area contributed by atoms with E-state index in [1.165, 1.54) is 5.56 Å². The number of nitrogens with two attached hydrogens (primary N) is 1. The number of halogens is 1. The van der Waals surface area contributed by atoms with Crippen molar-refractivity contribution in [3.05, 3.63) is 22.2 Å². The van der Waals surface area contributed by atoms with Gasteiger partial charge in [0.25, 0.3) is 0 Å². The van der Waals surface area contributed by atoms with Crippen molar-refractivity contribution in [1.82, 2.24) is 0 Å². The Bertz CT molecular complexity index is 469. The Balaban J connectivity index is 2.01. The summed E-state index contributed by atoms with van der Waals surface area (Å²) in [5.41, 5.74) is 8.43. The summed E-state index contributed by atoms with van der Waals surface area (Å²) in [7, 11) is 0. The van der Waals surface area contributed by atoms with Crippen LogP contribution in [0.15, 0.2) is 6.07 Å². The first-order valence-electron chi connectivity index (χ1n) is 5.95. The van der Waals surface area contributed by atoms with Gasteiger partial charge in [-0.25, -0.2) is 0 Å². The Hall–Kier alpha value is -0.930. The molecule has 1 saturated carbocycles. The summed E-state index contributed by atoms with van der Waals surface area (Å²) < 4.78 is 11.2. The van der Waals surface area contributed by atoms with E-state index in [1.807, 2.05) is 13.0 Å². The molecule has 2 N–H and O–H groups in total. The van der Waals surface area contributed by atoms with Crippen molar-refractivity contribution in [2.45, 2.75) is 31.7 Å². The lowest BCUT2D eigenvalue weighted by molar-refractivity contribution is 0.170. The van der Waals surface area contributed by atoms with Crippen LogP contribution < -0.4 is 15.2 Å². The van der Waals surface area contributed by atoms with E-state index in [9.17, 15) is 0 Å². The highest BCUT2D eigenvalue weighted by atomic mass is 35.5. The Morgan fingerprint density at radius 3 is 2.59 bits per heavy atom. The van der Waals surface area contributed by atoms with Crippen molar-refractivity contribution >= 4 is 11.6 Å². The zero-order valence-corrected chi connectivity index (χ0v) is 10.6. The molecule has 1 fully saturated rings. The summed E-state index contributed by atoms with van der Waals surface area (Å²) >= 11 is 6.22. The molecule has 0 atom stereocenters. The fourth-order valence-corrected chi connectivity index (χ4v) is 2.52. The molecule has 1 aliphatic carbocycles. The van der Waals surface area contributed by atoms with E-state index in [0.717, 1.165) is 30.6 Å². The molecule has 0 radical (unpaired) electrons. The Kier molecular flexibility index (Phi) is 2.49. The third kappa shape index (κ3) is 1.98. The van der Waals surface area contributed by atoms with E-state index >= 15 is 0 Å². The molecule has 1 aromatic rings. The first-order chi connectivity index (χ1) is 8.09. The van der Waals surface area contributed by atoms with E-state index < -0.39 is 0 Å². The molecule has 2 aliphatic rings. The zero-order valence-electron chi connectivity index (χ0n) is 9.88. The molecule has 4 heteroatoms. The van der Waals surface area contributed by atoms with Gasteiger partial charge < -0.3 is 15.2 Å². The first-order valence-corrected chi connectivity index (χ1v) is 6.33. The summed E-state index contributed by atoms with van der Waals surface area (Å²) in [4.78, 5) is 0. The third-order valence-electron chi connectivity index (χ3n) is 3.56. The van der Waals surface area contributed by atoms with Crippen molar-refractivity contribution in [2.75, 3.05) is 13.2 Å². The van der Waals surface area contributed by atoms with Crippen LogP contribution in [0.1, 0.15) is 24.0 Å². The average Bonchev–Trinajstić information content (AvgIpc) is 3.04. The van der Waals surface area contributed by atoms with Gasteiger partial charge in [-0.2, -0.15) is 0 Å². The molecule has 0 unspecified atom stereocenters. The summed E-state index contributed by atoms with van der Waals surface area (Å²) in [6, 6.07) is 1.97. The fraction of sp³-hybridized carbons (Fsp3) is 0.538. The molecule has 1 aliphatic heterocycles. The maximum Gasteiger partial charge on any atom is 0.180 e. The van der Waals surface area contributed by atoms with Crippen molar-refractivity contribution in [3.63, 3.8) is 0 Å². The lowest BCUT2D eigenvalue weighted by atomic mass is 9.98. The van der Waals surface area contributed by atoms with Gasteiger partial charge >= 0.3 is 0 Å². The van der Waals surface area contributed by atoms with Crippen LogP contribution in [-0.2, 0) is 6.42 Å². The van der Waals surface area contributed by atoms with Gasteiger partial charge in [-0.3, -0.25) is 0 Å². The fourth-order valence-electron chi connectivity index (χ4n) is 2.25. The molecular formula is C13H16ClNO2. The van der Waals surface area contributed by atoms with Crippen LogP contribution in [-0.4, -0.2) is 18.8 Å². The normalized spacial score (nSPS) is 20.2. The molecule has 92 valence electrons. The summed E-state index contributed by atoms with van der Waals surface area (Å²) in [6.07, 6.45) is 3.06. The summed E-state index contributed by atoms with van der Waals surface area (Å²) in [5, 5.41) is 0.629. The number of benzene rings is 1. The Labute approximate surface area is 106 Å². The second-order valence-electron chi connectivity index (χ2n) is 5.04. The molecule has 1 aromatic carbocycles. The van der Waals surface area contributed by atoms with Gasteiger partial charge in [-0.15, -0.1) is 0 Å². The standard InChI is InChI=1S/C13H16ClNO2/c1-8-9(7-13(15)2-3-13)6-10(14)12-11(8)16-4-5-17-12/h6H,2-5,7,15H2,1H3. The van der Waals surface area contributed by atoms with E-state index in [1.54, 1.807) is 0 Å². The topological polar surface area (TPSA) is 44.5 Å². The van der Waals surface area contributed by atoms with Gasteiger partial charge in [0.2, 0.25) is 0 Å². The number of rotatable bonds is 2. The van der Waals surface area contributed by atoms with Crippen LogP contribution in [0.4, 0.5) is 0 Å². The smallest absolute Gasteiger partial charge is 0.180 e. The molecule has 0 spiro atoms. The van der Waals surface area contributed by atoms with Gasteiger partial charge in [-0.05, 0) is 43.4 Å². The molecule has 0 saturated heterocycles. The molecule has 0 amide bonds. The predicted molar refractivity (Wildman–Crippen MR) is 67.0 cm³/mol. The summed E-state index contributed by atoms with van der Waals surface area (Å²) in [5.74, 6) is 1.48. The van der Waals surface area contributed by atoms with Gasteiger partial charge in [0.15, 0.2) is 11.5 Å². The van der Waals surface area contributed by atoms with Crippen molar-refractivity contribution in [2.24, 2.45) is 5.73 Å². The van der Waals surface area contributed by atoms with Crippen molar-refractivity contribution in [3.8, 4) is 11.5 Å². The number of fused-ring (bicyclic) bond motifs is 1. The highest BCUT2D eigenvalue weighted by Gasteiger charge is 2.39. The SMILES string of the molecule is Cc1c(CC2(N)CC2)cc(Cl)c2c1OCCO2. The lowest BCUT2D eigenvalue weighted by Crippen LogP contribution is -2.25. The largest absolute Gasteiger partial charge is 0.486 e. The molecule has 0 bridgehead atoms. The molecule has 0 aromatic heterocycles. The highest BCUT2D eigenvalue weighted by molar-refractivity contribution is 6.32. The van der Waals surface area contributed by atoms with Crippen LogP contribution >= 0.6 is 11.6 Å². The molecule has 1 heterocycles. The van der Waals surface area contributed by atoms with Gasteiger partial charge in [-0.1, -0.05) is 11.6 Å². The van der Waals surface area contributed by atoms with Gasteiger partial charge in [0, 0.05) is 5.54 Å². The monoisotopic (exact) mass is 253 g/mol. The highest BCUT2D eigenvalue weighted by Crippen LogP contribution is 2.44. The summed E-state index contributed by atoms with van der Waals surface area (Å²) in [6.45, 7) is 3.19. The maximum atomic E-state index is 6.22. The van der Waals surface area contributed by atoms with Gasteiger partial charge in [0.05, 0.1) is 5.02 Å². The lowest BCUT2D eigenvalue weighted by Gasteiger charge is -2.23. The van der Waals surface area contributed by atoms with E-state index in [0.29, 0.717) is 24.0 Å². The Morgan fingerprint density at radius 1 is 1.29 bits per heavy atom. The Morgan fingerprint density at radius 2 is 1.94 bits per heavy atom. The maximum absolute atomic E-state index is 6.22. The minimum atomic E-state index is -0.0160. The molecule has 3 nitrogen and oxygen atoms in total. The van der Waals surface area contributed by atoms with Crippen LogP contribution in [0.5, 0.6) is 11.5 Å². The molecule has 17 heavy (non-hydrogen) atoms. The van der Waals surface area contributed by atoms with Crippen LogP contribution in [0, 0.1) is 6.92 Å². The van der Waals surface area contributed by atoms with E-state index in [-0.39, 0.29) is 5.54 Å². The number of ether oxygens (including phenoxy) is 2. The van der Waals surface area contributed by atoms with Crippen molar-refractivity contribution < 1.29 is 9.47 Å². The van der Waals surface area contributed by atoms with E-state index in [2.05, 4.69) is 0 Å². The second kappa shape index (κ2) is 3.79. The van der Waals surface area contributed by atoms with Crippen LogP contribution in [0.3, 0.4) is 0 Å². The van der Waals surface area contributed by atoms with Crippen LogP contribution in [0.2, 0.25) is 5.02 Å². The van der Waals surface area contributed by atoms with E-state index in [4.69, 9.17) is 26.8 Å². The van der Waals surface area contributed by atoms with Crippen molar-refractivity contribution in [1.29, 1.82) is 0 Å². The number of hydrogen-bond acceptors (Lipinski definition) is 3. The second-order valence-corrected chi connectivity index (χ2v) is 5.44. The van der Waals surface area contributed by atoms with Gasteiger partial charge in [0.1, 0.15) is 13.2 Å². The molecular weight excluding hydrogens is 238 g/mol. The third-order valence-corrected chi connectivity index (χ3v) is 3.84. The first kappa shape index (κ1) is 11.2. The number of hydrogen-bond donors (Lipinski definition) is 1. The minimum absolute atomic E-state index is 0.0160. The average molecular weight is 254 g/mol. The van der Waals surface area contributed by atoms with Crippen LogP contribution in [0.25, 0.3) is 0 Å². The predicted octanol–water partition coefficient (Wildman–Crippen LogP) is 2.45. The molecule has 3 rings (SSSR count). The zero-order chi connectivity index (χ0) is 12.0. The quantitative estimate of drug-likeness (QED) is 0.881.